The summed E-state index contributed by atoms with van der Waals surface area (Å²) in [6, 6.07) is 1.91. The number of hydrogen-bond acceptors (Lipinski definition) is 4. The molecule has 3 aliphatic rings. The maximum absolute atomic E-state index is 13.6. The van der Waals surface area contributed by atoms with Crippen LogP contribution in [0.2, 0.25) is 0 Å². The molecule has 1 aliphatic carbocycles. The molecule has 0 aromatic carbocycles. The summed E-state index contributed by atoms with van der Waals surface area (Å²) >= 11 is 0. The number of hydrogen-bond donors (Lipinski definition) is 1. The third-order valence-corrected chi connectivity index (χ3v) is 8.07. The molecule has 1 N–H and O–H groups in total. The predicted octanol–water partition coefficient (Wildman–Crippen LogP) is 3.52. The van der Waals surface area contributed by atoms with Gasteiger partial charge < -0.3 is 19.5 Å². The van der Waals surface area contributed by atoms with Crippen molar-refractivity contribution in [3.8, 4) is 0 Å². The van der Waals surface area contributed by atoms with Gasteiger partial charge >= 0.3 is 6.18 Å². The van der Waals surface area contributed by atoms with Gasteiger partial charge in [0.2, 0.25) is 5.91 Å². The number of halogens is 3. The number of ether oxygens (including phenoxy) is 1. The largest absolute Gasteiger partial charge is 0.416 e. The van der Waals surface area contributed by atoms with E-state index in [4.69, 9.17) is 4.74 Å². The van der Waals surface area contributed by atoms with Crippen molar-refractivity contribution in [1.82, 2.24) is 14.8 Å². The maximum atomic E-state index is 13.6. The molecule has 1 saturated carbocycles. The number of nitrogens with one attached hydrogen (secondary N) is 1. The van der Waals surface area contributed by atoms with Gasteiger partial charge in [-0.15, -0.1) is 0 Å². The molecule has 1 amide bonds. The molecule has 4 rings (SSSR count). The average molecular weight is 484 g/mol. The second-order valence-corrected chi connectivity index (χ2v) is 10.7. The Hall–Kier alpha value is -1.87. The monoisotopic (exact) mass is 483 g/mol. The van der Waals surface area contributed by atoms with Crippen LogP contribution in [0, 0.1) is 29.6 Å². The molecule has 0 spiro atoms. The van der Waals surface area contributed by atoms with E-state index in [0.29, 0.717) is 30.4 Å². The lowest BCUT2D eigenvalue weighted by Gasteiger charge is -2.34. The first kappa shape index (κ1) is 25.2. The summed E-state index contributed by atoms with van der Waals surface area (Å²) in [5, 5.41) is 3.70. The number of rotatable bonds is 5. The topological polar surface area (TPSA) is 63.6 Å². The maximum Gasteiger partial charge on any atom is 0.416 e. The number of fused-ring (bicyclic) bond motifs is 1. The molecule has 2 fully saturated rings. The number of carbonyl (C=O) groups excluding carboxylic acids is 1. The van der Waals surface area contributed by atoms with Crippen LogP contribution in [0.5, 0.6) is 0 Å². The van der Waals surface area contributed by atoms with Gasteiger partial charge in [0.15, 0.2) is 0 Å². The van der Waals surface area contributed by atoms with Crippen molar-refractivity contribution in [1.29, 1.82) is 0 Å². The van der Waals surface area contributed by atoms with E-state index in [2.05, 4.69) is 26.1 Å². The highest BCUT2D eigenvalue weighted by atomic mass is 19.4. The number of carbonyl (C=O) groups is 1. The van der Waals surface area contributed by atoms with Crippen LogP contribution >= 0.6 is 0 Å². The number of alkyl halides is 3. The standard InChI is InChI=1S/C25H36F3N3O3/c1-15(2)21-10-19(29-12-17-4-7-34-14-16(17)3)11-22(21)24(33)30-5-6-31-20(13-30)8-18(9-23(31)32)25(26,27)28/h8-9,15-17,19,21-22,29H,4-7,10-14H2,1-3H3/t16-,17?,19?,21?,22?/m1/s1. The van der Waals surface area contributed by atoms with Gasteiger partial charge in [-0.1, -0.05) is 20.8 Å². The Morgan fingerprint density at radius 3 is 2.68 bits per heavy atom. The molecule has 2 aliphatic heterocycles. The van der Waals surface area contributed by atoms with E-state index in [1.165, 1.54) is 4.57 Å². The van der Waals surface area contributed by atoms with Crippen LogP contribution in [0.15, 0.2) is 16.9 Å². The first-order chi connectivity index (χ1) is 16.0. The Bertz CT molecular complexity index is 946. The molecular weight excluding hydrogens is 447 g/mol. The fourth-order valence-electron chi connectivity index (χ4n) is 5.92. The Labute approximate surface area is 198 Å². The lowest BCUT2D eigenvalue weighted by Crippen LogP contribution is -2.45. The van der Waals surface area contributed by atoms with Crippen LogP contribution in [-0.2, 0) is 28.8 Å². The zero-order chi connectivity index (χ0) is 24.6. The van der Waals surface area contributed by atoms with Crippen LogP contribution in [0.25, 0.3) is 0 Å². The second kappa shape index (κ2) is 10.0. The SMILES string of the molecule is CC(C)C1CC(NCC2CCOC[C@H]2C)CC1C(=O)N1CCn2c(cc(C(F)(F)F)cc2=O)C1. The molecule has 1 aromatic rings. The van der Waals surface area contributed by atoms with E-state index in [1.807, 2.05) is 0 Å². The van der Waals surface area contributed by atoms with Crippen LogP contribution in [-0.4, -0.2) is 47.7 Å². The van der Waals surface area contributed by atoms with Crippen molar-refractivity contribution >= 4 is 5.91 Å². The van der Waals surface area contributed by atoms with Gasteiger partial charge in [0.05, 0.1) is 12.1 Å². The Morgan fingerprint density at radius 1 is 1.24 bits per heavy atom. The summed E-state index contributed by atoms with van der Waals surface area (Å²) in [6.07, 6.45) is -1.88. The van der Waals surface area contributed by atoms with Crippen molar-refractivity contribution in [3.05, 3.63) is 33.7 Å². The average Bonchev–Trinajstić information content (AvgIpc) is 3.21. The van der Waals surface area contributed by atoms with Crippen molar-refractivity contribution in [2.24, 2.45) is 29.6 Å². The molecule has 0 bridgehead atoms. The molecule has 1 saturated heterocycles. The van der Waals surface area contributed by atoms with Crippen molar-refractivity contribution in [2.75, 3.05) is 26.3 Å². The fraction of sp³-hybridized carbons (Fsp3) is 0.760. The first-order valence-corrected chi connectivity index (χ1v) is 12.5. The highest BCUT2D eigenvalue weighted by molar-refractivity contribution is 5.79. The summed E-state index contributed by atoms with van der Waals surface area (Å²) in [5.74, 6) is 1.48. The van der Waals surface area contributed by atoms with Crippen LogP contribution < -0.4 is 10.9 Å². The Balaban J connectivity index is 1.44. The van der Waals surface area contributed by atoms with Gasteiger partial charge in [-0.25, -0.2) is 0 Å². The van der Waals surface area contributed by atoms with Crippen molar-refractivity contribution in [2.45, 2.75) is 65.3 Å². The molecule has 4 unspecified atom stereocenters. The highest BCUT2D eigenvalue weighted by Gasteiger charge is 2.42. The quantitative estimate of drug-likeness (QED) is 0.696. The van der Waals surface area contributed by atoms with Gasteiger partial charge in [0.25, 0.3) is 5.56 Å². The van der Waals surface area contributed by atoms with Crippen molar-refractivity contribution in [3.63, 3.8) is 0 Å². The van der Waals surface area contributed by atoms with E-state index in [9.17, 15) is 22.8 Å². The molecule has 190 valence electrons. The van der Waals surface area contributed by atoms with Crippen LogP contribution in [0.1, 0.15) is 51.3 Å². The minimum absolute atomic E-state index is 0.00135. The van der Waals surface area contributed by atoms with Crippen LogP contribution in [0.3, 0.4) is 0 Å². The Morgan fingerprint density at radius 2 is 2.00 bits per heavy atom. The summed E-state index contributed by atoms with van der Waals surface area (Å²) in [6.45, 7) is 9.60. The van der Waals surface area contributed by atoms with Gasteiger partial charge in [-0.3, -0.25) is 9.59 Å². The molecule has 34 heavy (non-hydrogen) atoms. The summed E-state index contributed by atoms with van der Waals surface area (Å²) in [5.41, 5.74) is -1.36. The van der Waals surface area contributed by atoms with Crippen molar-refractivity contribution < 1.29 is 22.7 Å². The minimum Gasteiger partial charge on any atom is -0.381 e. The molecule has 5 atom stereocenters. The highest BCUT2D eigenvalue weighted by Crippen LogP contribution is 2.39. The molecule has 3 heterocycles. The van der Waals surface area contributed by atoms with Gasteiger partial charge in [-0.2, -0.15) is 13.2 Å². The second-order valence-electron chi connectivity index (χ2n) is 10.7. The molecule has 6 nitrogen and oxygen atoms in total. The summed E-state index contributed by atoms with van der Waals surface area (Å²) in [4.78, 5) is 27.4. The predicted molar refractivity (Wildman–Crippen MR) is 122 cm³/mol. The summed E-state index contributed by atoms with van der Waals surface area (Å²) < 4.78 is 46.5. The normalized spacial score (nSPS) is 30.0. The van der Waals surface area contributed by atoms with E-state index in [1.54, 1.807) is 4.90 Å². The smallest absolute Gasteiger partial charge is 0.381 e. The fourth-order valence-corrected chi connectivity index (χ4v) is 5.92. The third-order valence-electron chi connectivity index (χ3n) is 8.07. The van der Waals surface area contributed by atoms with E-state index >= 15 is 0 Å². The van der Waals surface area contributed by atoms with E-state index in [-0.39, 0.29) is 42.6 Å². The number of nitrogens with zero attached hydrogens (tertiary/aromatic N) is 2. The zero-order valence-corrected chi connectivity index (χ0v) is 20.2. The zero-order valence-electron chi connectivity index (χ0n) is 20.2. The Kier molecular flexibility index (Phi) is 7.43. The lowest BCUT2D eigenvalue weighted by molar-refractivity contribution is -0.139. The van der Waals surface area contributed by atoms with Gasteiger partial charge in [0, 0.05) is 50.0 Å². The van der Waals surface area contributed by atoms with Gasteiger partial charge in [0.1, 0.15) is 0 Å². The van der Waals surface area contributed by atoms with E-state index in [0.717, 1.165) is 45.1 Å². The number of amides is 1. The van der Waals surface area contributed by atoms with Crippen LogP contribution in [0.4, 0.5) is 13.2 Å². The number of pyridine rings is 1. The first-order valence-electron chi connectivity index (χ1n) is 12.5. The molecule has 9 heteroatoms. The third kappa shape index (κ3) is 5.35. The van der Waals surface area contributed by atoms with E-state index < -0.39 is 17.3 Å². The minimum atomic E-state index is -4.59. The van der Waals surface area contributed by atoms with Gasteiger partial charge in [-0.05, 0) is 55.5 Å². The molecule has 0 radical (unpaired) electrons. The molecular formula is C25H36F3N3O3. The summed E-state index contributed by atoms with van der Waals surface area (Å²) in [7, 11) is 0. The number of aromatic nitrogens is 1. The molecule has 1 aromatic heterocycles. The lowest BCUT2D eigenvalue weighted by atomic mass is 9.85.